The van der Waals surface area contributed by atoms with Gasteiger partial charge in [-0.05, 0) is 40.8 Å². The summed E-state index contributed by atoms with van der Waals surface area (Å²) < 4.78 is 17.1. The lowest BCUT2D eigenvalue weighted by atomic mass is 10.00. The van der Waals surface area contributed by atoms with Gasteiger partial charge in [0.1, 0.15) is 24.1 Å². The molecule has 0 aliphatic rings. The molecule has 3 amide bonds. The molecule has 0 heterocycles. The minimum atomic E-state index is -1.73. The second-order valence-electron chi connectivity index (χ2n) is 11.1. The number of rotatable bonds is 19. The van der Waals surface area contributed by atoms with E-state index in [0.717, 1.165) is 36.0 Å². The van der Waals surface area contributed by atoms with Crippen LogP contribution in [0.25, 0.3) is 0 Å². The van der Waals surface area contributed by atoms with Gasteiger partial charge in [-0.1, -0.05) is 86.5 Å². The summed E-state index contributed by atoms with van der Waals surface area (Å²) in [4.78, 5) is 51.3. The Morgan fingerprint density at radius 3 is 2.02 bits per heavy atom. The Bertz CT molecular complexity index is 1430. The molecule has 0 aromatic heterocycles. The summed E-state index contributed by atoms with van der Waals surface area (Å²) in [6.45, 7) is 2.55. The Labute approximate surface area is 273 Å². The van der Waals surface area contributed by atoms with Gasteiger partial charge in [0.2, 0.25) is 17.7 Å². The first-order valence-corrected chi connectivity index (χ1v) is 16.7. The highest BCUT2D eigenvalue weighted by Crippen LogP contribution is 2.22. The molecular formula is C35H44N4O6S. The predicted molar refractivity (Wildman–Crippen MR) is 179 cm³/mol. The number of nitrogens with two attached hydrogens (primary N) is 1. The van der Waals surface area contributed by atoms with Crippen LogP contribution in [0.1, 0.15) is 60.1 Å². The number of aldehydes is 1. The van der Waals surface area contributed by atoms with Gasteiger partial charge in [0.25, 0.3) is 0 Å². The summed E-state index contributed by atoms with van der Waals surface area (Å²) in [5.41, 5.74) is 3.00. The molecule has 246 valence electrons. The smallest absolute Gasteiger partial charge is 0.243 e. The van der Waals surface area contributed by atoms with Crippen molar-refractivity contribution in [3.8, 4) is 5.75 Å². The quantitative estimate of drug-likeness (QED) is 0.116. The zero-order valence-electron chi connectivity index (χ0n) is 26.4. The number of ether oxygens (including phenoxy) is 1. The van der Waals surface area contributed by atoms with Gasteiger partial charge in [0.05, 0.1) is 29.8 Å². The van der Waals surface area contributed by atoms with E-state index in [1.807, 2.05) is 30.3 Å². The Balaban J connectivity index is 1.80. The molecule has 3 aromatic rings. The van der Waals surface area contributed by atoms with E-state index in [1.54, 1.807) is 55.6 Å². The first-order chi connectivity index (χ1) is 22.2. The number of unbranched alkanes of at least 4 members (excludes halogenated alkanes) is 2. The van der Waals surface area contributed by atoms with Crippen molar-refractivity contribution < 1.29 is 28.1 Å². The highest BCUT2D eigenvalue weighted by Gasteiger charge is 2.27. The van der Waals surface area contributed by atoms with E-state index in [4.69, 9.17) is 9.88 Å². The van der Waals surface area contributed by atoms with Crippen LogP contribution in [0.15, 0.2) is 78.9 Å². The largest absolute Gasteiger partial charge is 0.497 e. The minimum Gasteiger partial charge on any atom is -0.497 e. The van der Waals surface area contributed by atoms with Crippen molar-refractivity contribution in [1.82, 2.24) is 16.0 Å². The number of carbonyl (C=O) groups excluding carboxylic acids is 4. The lowest BCUT2D eigenvalue weighted by molar-refractivity contribution is -0.132. The summed E-state index contributed by atoms with van der Waals surface area (Å²) >= 11 is 0. The number of nitrogens with one attached hydrogen (secondary N) is 3. The normalized spacial score (nSPS) is 13.5. The SMILES string of the molecule is CCCCCNC(=O)[C@H](Cc1ccc(C(CC=O)S(N)=O)cc1)NC(=O)C(Cc1ccccc1)NC(=O)Cc1ccc(OC)cc1. The van der Waals surface area contributed by atoms with Gasteiger partial charge in [-0.3, -0.25) is 19.5 Å². The Kier molecular flexibility index (Phi) is 15.1. The highest BCUT2D eigenvalue weighted by atomic mass is 32.2. The van der Waals surface area contributed by atoms with E-state index in [1.165, 1.54) is 0 Å². The van der Waals surface area contributed by atoms with Crippen molar-refractivity contribution in [2.75, 3.05) is 13.7 Å². The van der Waals surface area contributed by atoms with Crippen LogP contribution >= 0.6 is 0 Å². The van der Waals surface area contributed by atoms with Crippen LogP contribution in [0.5, 0.6) is 5.75 Å². The van der Waals surface area contributed by atoms with Crippen LogP contribution in [-0.2, 0) is 49.4 Å². The van der Waals surface area contributed by atoms with E-state index in [-0.39, 0.29) is 37.5 Å². The first kappa shape index (κ1) is 36.1. The molecule has 0 saturated heterocycles. The lowest BCUT2D eigenvalue weighted by Gasteiger charge is -2.24. The van der Waals surface area contributed by atoms with Crippen LogP contribution < -0.4 is 25.8 Å². The predicted octanol–water partition coefficient (Wildman–Crippen LogP) is 3.25. The van der Waals surface area contributed by atoms with Gasteiger partial charge in [-0.2, -0.15) is 0 Å². The molecule has 5 N–H and O–H groups in total. The van der Waals surface area contributed by atoms with Gasteiger partial charge in [0, 0.05) is 25.8 Å². The monoisotopic (exact) mass is 648 g/mol. The fourth-order valence-electron chi connectivity index (χ4n) is 4.98. The average molecular weight is 649 g/mol. The van der Waals surface area contributed by atoms with Gasteiger partial charge < -0.3 is 25.5 Å². The third-order valence-electron chi connectivity index (χ3n) is 7.55. The number of methoxy groups -OCH3 is 1. The van der Waals surface area contributed by atoms with E-state index in [0.29, 0.717) is 24.1 Å². The van der Waals surface area contributed by atoms with Crippen molar-refractivity contribution in [1.29, 1.82) is 0 Å². The van der Waals surface area contributed by atoms with E-state index in [2.05, 4.69) is 22.9 Å². The van der Waals surface area contributed by atoms with Crippen molar-refractivity contribution in [3.63, 3.8) is 0 Å². The Morgan fingerprint density at radius 2 is 1.43 bits per heavy atom. The maximum atomic E-state index is 13.8. The second-order valence-corrected chi connectivity index (χ2v) is 12.3. The van der Waals surface area contributed by atoms with Gasteiger partial charge in [0.15, 0.2) is 0 Å². The highest BCUT2D eigenvalue weighted by molar-refractivity contribution is 7.82. The fourth-order valence-corrected chi connectivity index (χ4v) is 5.67. The second kappa shape index (κ2) is 19.2. The Hall–Kier alpha value is -4.35. The molecule has 3 aromatic carbocycles. The topological polar surface area (TPSA) is 157 Å². The molecule has 0 saturated carbocycles. The zero-order valence-corrected chi connectivity index (χ0v) is 27.2. The molecule has 0 radical (unpaired) electrons. The summed E-state index contributed by atoms with van der Waals surface area (Å²) in [5.74, 6) is -0.478. The molecule has 0 bridgehead atoms. The molecule has 0 aliphatic heterocycles. The number of benzene rings is 3. The third kappa shape index (κ3) is 11.9. The van der Waals surface area contributed by atoms with Crippen LogP contribution in [0.3, 0.4) is 0 Å². The molecular weight excluding hydrogens is 604 g/mol. The maximum absolute atomic E-state index is 13.8. The first-order valence-electron chi connectivity index (χ1n) is 15.5. The summed E-state index contributed by atoms with van der Waals surface area (Å²) in [6.07, 6.45) is 3.94. The van der Waals surface area contributed by atoms with Gasteiger partial charge >= 0.3 is 0 Å². The molecule has 11 heteroatoms. The van der Waals surface area contributed by atoms with Crippen molar-refractivity contribution >= 4 is 35.0 Å². The van der Waals surface area contributed by atoms with E-state index < -0.39 is 34.2 Å². The summed E-state index contributed by atoms with van der Waals surface area (Å²) in [5, 5.41) is 13.6. The number of carbonyl (C=O) groups is 4. The Morgan fingerprint density at radius 1 is 0.826 bits per heavy atom. The van der Waals surface area contributed by atoms with Gasteiger partial charge in [-0.25, -0.2) is 4.21 Å². The van der Waals surface area contributed by atoms with Gasteiger partial charge in [-0.15, -0.1) is 0 Å². The zero-order chi connectivity index (χ0) is 33.3. The summed E-state index contributed by atoms with van der Waals surface area (Å²) in [6, 6.07) is 21.6. The van der Waals surface area contributed by atoms with Crippen molar-refractivity contribution in [2.45, 2.75) is 69.2 Å². The molecule has 3 rings (SSSR count). The average Bonchev–Trinajstić information content (AvgIpc) is 3.06. The number of amides is 3. The standard InChI is InChI=1S/C35H44N4O6S/c1-3-4-8-20-37-34(42)30(23-26-11-15-28(16-12-26)32(19-21-40)46(36)44)39-35(43)31(22-25-9-6-5-7-10-25)38-33(41)24-27-13-17-29(45-2)18-14-27/h5-7,9-18,21,30-32H,3-4,8,19-20,22-24,36H2,1-2H3,(H,37,42)(H,38,41)(H,39,43)/t30-,31?,32?,46?/m0/s1. The van der Waals surface area contributed by atoms with Crippen molar-refractivity contribution in [3.05, 3.63) is 101 Å². The fraction of sp³-hybridized carbons (Fsp3) is 0.371. The minimum absolute atomic E-state index is 0.0221. The summed E-state index contributed by atoms with van der Waals surface area (Å²) in [7, 11) is -0.159. The molecule has 10 nitrogen and oxygen atoms in total. The molecule has 3 unspecified atom stereocenters. The maximum Gasteiger partial charge on any atom is 0.243 e. The lowest BCUT2D eigenvalue weighted by Crippen LogP contribution is -2.55. The van der Waals surface area contributed by atoms with E-state index >= 15 is 0 Å². The number of hydrogen-bond donors (Lipinski definition) is 4. The molecule has 4 atom stereocenters. The van der Waals surface area contributed by atoms with E-state index in [9.17, 15) is 23.4 Å². The molecule has 0 aliphatic carbocycles. The van der Waals surface area contributed by atoms with Crippen LogP contribution in [0.2, 0.25) is 0 Å². The van der Waals surface area contributed by atoms with Crippen LogP contribution in [0.4, 0.5) is 0 Å². The number of hydrogen-bond acceptors (Lipinski definition) is 6. The molecule has 0 spiro atoms. The van der Waals surface area contributed by atoms with Crippen molar-refractivity contribution in [2.24, 2.45) is 5.14 Å². The molecule has 0 fully saturated rings. The van der Waals surface area contributed by atoms with Crippen LogP contribution in [-0.4, -0.2) is 54.0 Å². The third-order valence-corrected chi connectivity index (χ3v) is 8.58. The molecule has 46 heavy (non-hydrogen) atoms. The van der Waals surface area contributed by atoms with Crippen LogP contribution in [0, 0.1) is 0 Å².